The number of nitrogens with zero attached hydrogens (tertiary/aromatic N) is 4. The largest absolute Gasteiger partial charge is 0.385 e. The van der Waals surface area contributed by atoms with Crippen LogP contribution < -0.4 is 5.32 Å². The highest BCUT2D eigenvalue weighted by Gasteiger charge is 2.18. The number of methoxy groups -OCH3 is 1. The average molecular weight is 323 g/mol. The van der Waals surface area contributed by atoms with Crippen LogP contribution in [-0.2, 0) is 11.3 Å². The molecule has 0 unspecified atom stereocenters. The molecular formula is C16H29N5O2. The Balaban J connectivity index is 1.60. The zero-order valence-corrected chi connectivity index (χ0v) is 14.1. The quantitative estimate of drug-likeness (QED) is 0.726. The third-order valence-corrected chi connectivity index (χ3v) is 4.13. The van der Waals surface area contributed by atoms with Gasteiger partial charge in [0.2, 0.25) is 0 Å². The van der Waals surface area contributed by atoms with Crippen LogP contribution in [0.3, 0.4) is 0 Å². The predicted octanol–water partition coefficient (Wildman–Crippen LogP) is 1.03. The van der Waals surface area contributed by atoms with Crippen molar-refractivity contribution in [1.82, 2.24) is 24.7 Å². The molecule has 0 bridgehead atoms. The summed E-state index contributed by atoms with van der Waals surface area (Å²) >= 11 is 0. The summed E-state index contributed by atoms with van der Waals surface area (Å²) < 4.78 is 7.12. The minimum atomic E-state index is 0.0642. The number of carbonyl (C=O) groups excluding carboxylic acids is 1. The SMILES string of the molecule is COCCCN1CCCN(C(=O)NCCCn2ccnc2)CC1. The van der Waals surface area contributed by atoms with Gasteiger partial charge in [0.1, 0.15) is 0 Å². The first-order valence-corrected chi connectivity index (χ1v) is 8.49. The van der Waals surface area contributed by atoms with E-state index in [0.717, 1.165) is 65.1 Å². The number of hydrogen-bond acceptors (Lipinski definition) is 4. The van der Waals surface area contributed by atoms with Crippen LogP contribution in [0.2, 0.25) is 0 Å². The number of imidazole rings is 1. The third-order valence-electron chi connectivity index (χ3n) is 4.13. The molecule has 7 heteroatoms. The number of aromatic nitrogens is 2. The maximum Gasteiger partial charge on any atom is 0.317 e. The van der Waals surface area contributed by atoms with Crippen LogP contribution in [0.25, 0.3) is 0 Å². The summed E-state index contributed by atoms with van der Waals surface area (Å²) in [5.41, 5.74) is 0. The van der Waals surface area contributed by atoms with E-state index in [0.29, 0.717) is 6.54 Å². The van der Waals surface area contributed by atoms with Gasteiger partial charge in [0.25, 0.3) is 0 Å². The van der Waals surface area contributed by atoms with Crippen LogP contribution in [0.4, 0.5) is 4.79 Å². The van der Waals surface area contributed by atoms with Crippen LogP contribution >= 0.6 is 0 Å². The summed E-state index contributed by atoms with van der Waals surface area (Å²) in [6.07, 6.45) is 8.52. The molecule has 1 aliphatic rings. The Morgan fingerprint density at radius 1 is 1.22 bits per heavy atom. The monoisotopic (exact) mass is 323 g/mol. The van der Waals surface area contributed by atoms with Crippen molar-refractivity contribution in [2.45, 2.75) is 25.8 Å². The van der Waals surface area contributed by atoms with Gasteiger partial charge in [-0.25, -0.2) is 9.78 Å². The van der Waals surface area contributed by atoms with Gasteiger partial charge in [0, 0.05) is 65.4 Å². The normalized spacial score (nSPS) is 16.3. The van der Waals surface area contributed by atoms with Crippen molar-refractivity contribution in [3.8, 4) is 0 Å². The van der Waals surface area contributed by atoms with Crippen molar-refractivity contribution >= 4 is 6.03 Å². The van der Waals surface area contributed by atoms with Crippen molar-refractivity contribution in [2.75, 3.05) is 53.0 Å². The van der Waals surface area contributed by atoms with Gasteiger partial charge in [-0.05, 0) is 25.8 Å². The first-order valence-electron chi connectivity index (χ1n) is 8.49. The molecule has 0 saturated carbocycles. The number of carbonyl (C=O) groups is 1. The Hall–Kier alpha value is -1.60. The van der Waals surface area contributed by atoms with Gasteiger partial charge in [-0.2, -0.15) is 0 Å². The van der Waals surface area contributed by atoms with E-state index in [1.165, 1.54) is 0 Å². The van der Waals surface area contributed by atoms with Crippen molar-refractivity contribution < 1.29 is 9.53 Å². The number of nitrogens with one attached hydrogen (secondary N) is 1. The highest BCUT2D eigenvalue weighted by Crippen LogP contribution is 2.04. The first kappa shape index (κ1) is 17.7. The fourth-order valence-electron chi connectivity index (χ4n) is 2.82. The van der Waals surface area contributed by atoms with E-state index in [9.17, 15) is 4.79 Å². The molecule has 1 aromatic heterocycles. The summed E-state index contributed by atoms with van der Waals surface area (Å²) in [4.78, 5) is 20.6. The lowest BCUT2D eigenvalue weighted by Crippen LogP contribution is -2.42. The molecule has 2 rings (SSSR count). The molecule has 0 spiro atoms. The molecule has 0 radical (unpaired) electrons. The highest BCUT2D eigenvalue weighted by atomic mass is 16.5. The summed E-state index contributed by atoms with van der Waals surface area (Å²) in [5.74, 6) is 0. The lowest BCUT2D eigenvalue weighted by molar-refractivity contribution is 0.171. The van der Waals surface area contributed by atoms with E-state index >= 15 is 0 Å². The molecule has 7 nitrogen and oxygen atoms in total. The second-order valence-corrected chi connectivity index (χ2v) is 5.91. The zero-order chi connectivity index (χ0) is 16.3. The molecule has 1 saturated heterocycles. The van der Waals surface area contributed by atoms with Gasteiger partial charge >= 0.3 is 6.03 Å². The summed E-state index contributed by atoms with van der Waals surface area (Å²) in [6, 6.07) is 0.0642. The Bertz CT molecular complexity index is 438. The molecule has 1 aromatic rings. The predicted molar refractivity (Wildman–Crippen MR) is 89.4 cm³/mol. The van der Waals surface area contributed by atoms with Gasteiger partial charge in [0.15, 0.2) is 0 Å². The second kappa shape index (κ2) is 10.2. The fraction of sp³-hybridized carbons (Fsp3) is 0.750. The minimum absolute atomic E-state index is 0.0642. The Kier molecular flexibility index (Phi) is 7.89. The van der Waals surface area contributed by atoms with E-state index < -0.39 is 0 Å². The Morgan fingerprint density at radius 3 is 2.91 bits per heavy atom. The van der Waals surface area contributed by atoms with Crippen molar-refractivity contribution in [3.05, 3.63) is 18.7 Å². The van der Waals surface area contributed by atoms with E-state index in [1.807, 2.05) is 15.7 Å². The first-order chi connectivity index (χ1) is 11.3. The minimum Gasteiger partial charge on any atom is -0.385 e. The zero-order valence-electron chi connectivity index (χ0n) is 14.1. The number of hydrogen-bond donors (Lipinski definition) is 1. The van der Waals surface area contributed by atoms with E-state index in [-0.39, 0.29) is 6.03 Å². The van der Waals surface area contributed by atoms with Gasteiger partial charge in [-0.15, -0.1) is 0 Å². The van der Waals surface area contributed by atoms with Crippen molar-refractivity contribution in [3.63, 3.8) is 0 Å². The standard InChI is InChI=1S/C16H29N5O2/c1-23-14-4-9-19-8-3-10-21(13-12-19)16(22)18-5-2-7-20-11-6-17-15-20/h6,11,15H,2-5,7-10,12-14H2,1H3,(H,18,22). The molecule has 23 heavy (non-hydrogen) atoms. The Labute approximate surface area is 138 Å². The van der Waals surface area contributed by atoms with E-state index in [4.69, 9.17) is 4.74 Å². The van der Waals surface area contributed by atoms with Gasteiger partial charge < -0.3 is 24.4 Å². The van der Waals surface area contributed by atoms with Gasteiger partial charge in [-0.3, -0.25) is 0 Å². The molecule has 0 atom stereocenters. The highest BCUT2D eigenvalue weighted by molar-refractivity contribution is 5.74. The molecule has 1 N–H and O–H groups in total. The average Bonchev–Trinajstić information content (AvgIpc) is 2.96. The number of rotatable bonds is 8. The lowest BCUT2D eigenvalue weighted by Gasteiger charge is -2.22. The molecule has 130 valence electrons. The molecule has 2 heterocycles. The number of ether oxygens (including phenoxy) is 1. The maximum atomic E-state index is 12.2. The smallest absolute Gasteiger partial charge is 0.317 e. The third kappa shape index (κ3) is 6.58. The van der Waals surface area contributed by atoms with Crippen LogP contribution in [0.15, 0.2) is 18.7 Å². The molecule has 0 aliphatic carbocycles. The fourth-order valence-corrected chi connectivity index (χ4v) is 2.82. The van der Waals surface area contributed by atoms with Gasteiger partial charge in [0.05, 0.1) is 6.33 Å². The van der Waals surface area contributed by atoms with Crippen LogP contribution in [-0.4, -0.2) is 78.4 Å². The Morgan fingerprint density at radius 2 is 2.13 bits per heavy atom. The lowest BCUT2D eigenvalue weighted by atomic mass is 10.3. The van der Waals surface area contributed by atoms with E-state index in [1.54, 1.807) is 19.6 Å². The van der Waals surface area contributed by atoms with Crippen molar-refractivity contribution in [1.29, 1.82) is 0 Å². The summed E-state index contributed by atoms with van der Waals surface area (Å²) in [6.45, 7) is 7.10. The van der Waals surface area contributed by atoms with Crippen molar-refractivity contribution in [2.24, 2.45) is 0 Å². The second-order valence-electron chi connectivity index (χ2n) is 5.91. The summed E-state index contributed by atoms with van der Waals surface area (Å²) in [7, 11) is 1.74. The number of aryl methyl sites for hydroxylation is 1. The molecule has 1 aliphatic heterocycles. The molecule has 0 aromatic carbocycles. The molecular weight excluding hydrogens is 294 g/mol. The molecule has 1 fully saturated rings. The van der Waals surface area contributed by atoms with Crippen LogP contribution in [0.1, 0.15) is 19.3 Å². The number of amides is 2. The topological polar surface area (TPSA) is 62.6 Å². The van der Waals surface area contributed by atoms with Gasteiger partial charge in [-0.1, -0.05) is 0 Å². The molecule has 2 amide bonds. The van der Waals surface area contributed by atoms with Crippen LogP contribution in [0, 0.1) is 0 Å². The van der Waals surface area contributed by atoms with Crippen LogP contribution in [0.5, 0.6) is 0 Å². The number of urea groups is 1. The maximum absolute atomic E-state index is 12.2. The summed E-state index contributed by atoms with van der Waals surface area (Å²) in [5, 5.41) is 3.02. The van der Waals surface area contributed by atoms with E-state index in [2.05, 4.69) is 15.2 Å².